The molecule has 32 heteroatoms. The van der Waals surface area contributed by atoms with Gasteiger partial charge >= 0.3 is 84.3 Å². The molecule has 0 aliphatic rings. The Bertz CT molecular complexity index is 4150. The first-order valence-electron chi connectivity index (χ1n) is 33.0. The summed E-state index contributed by atoms with van der Waals surface area (Å²) < 4.78 is 40.6. The average Bonchev–Trinajstić information content (AvgIpc) is 0.898. The number of nitrogens with zero attached hydrogens (tertiary/aromatic N) is 12. The maximum absolute atomic E-state index is 10.0. The summed E-state index contributed by atoms with van der Waals surface area (Å²) in [6, 6.07) is 71.7. The number of pyridine rings is 4. The number of carboxylic acid groups (broad SMARTS) is 4. The second-order valence-electron chi connectivity index (χ2n) is 21.2. The summed E-state index contributed by atoms with van der Waals surface area (Å²) in [7, 11) is 13.1. The molecule has 12 rings (SSSR count). The van der Waals surface area contributed by atoms with Crippen molar-refractivity contribution in [1.29, 1.82) is 0 Å². The Morgan fingerprint density at radius 3 is 0.509 bits per heavy atom. The Kier molecular flexibility index (Phi) is 53.1. The van der Waals surface area contributed by atoms with Crippen molar-refractivity contribution in [3.05, 3.63) is 336 Å². The smallest absolute Gasteiger partial charge is 0.545 e. The molecule has 0 saturated heterocycles. The fourth-order valence-electron chi connectivity index (χ4n) is 7.93. The average molecular weight is 1890 g/mol. The third-order valence-corrected chi connectivity index (χ3v) is 13.8. The zero-order chi connectivity index (χ0) is 80.8. The van der Waals surface area contributed by atoms with E-state index in [1.807, 2.05) is 194 Å². The van der Waals surface area contributed by atoms with E-state index in [-0.39, 0.29) is 107 Å². The zero-order valence-corrected chi connectivity index (χ0v) is 71.6. The molecular weight excluding hydrogens is 1820 g/mol. The van der Waals surface area contributed by atoms with Crippen LogP contribution in [0.25, 0.3) is 21.3 Å². The quantitative estimate of drug-likeness (QED) is 0.0308. The number of ether oxygens (including phenoxy) is 8. The number of hydrogen-bond donors (Lipinski definition) is 0. The Labute approximate surface area is 729 Å². The predicted octanol–water partition coefficient (Wildman–Crippen LogP) is 14.0. The molecule has 0 radical (unpaired) electrons. The van der Waals surface area contributed by atoms with Gasteiger partial charge in [0.2, 0.25) is 0 Å². The van der Waals surface area contributed by atoms with Gasteiger partial charge in [0.25, 0.3) is 0 Å². The minimum absolute atomic E-state index is 0. The molecule has 28 nitrogen and oxygen atoms in total. The van der Waals surface area contributed by atoms with E-state index >= 15 is 0 Å². The van der Waals surface area contributed by atoms with Crippen molar-refractivity contribution >= 4 is 94.7 Å². The van der Waals surface area contributed by atoms with Crippen LogP contribution >= 0.6 is 0 Å². The number of rotatable bonds is 24. The van der Waals surface area contributed by atoms with Crippen LogP contribution in [0.15, 0.2) is 312 Å². The summed E-state index contributed by atoms with van der Waals surface area (Å²) in [5.74, 6) is 1.72. The van der Waals surface area contributed by atoms with Crippen LogP contribution in [-0.4, -0.2) is 126 Å². The van der Waals surface area contributed by atoms with Crippen molar-refractivity contribution in [3.63, 3.8) is 0 Å². The van der Waals surface area contributed by atoms with Gasteiger partial charge in [-0.15, -0.1) is 0 Å². The molecule has 0 N–H and O–H groups in total. The fraction of sp³-hybridized carbons (Fsp3) is 0.0952. The molecule has 0 aliphatic heterocycles. The minimum Gasteiger partial charge on any atom is -0.545 e. The summed E-state index contributed by atoms with van der Waals surface area (Å²) in [5, 5.41) is 57.2. The van der Waals surface area contributed by atoms with Crippen LogP contribution in [0.2, 0.25) is 0 Å². The number of aromatic carboxylic acids is 4. The maximum Gasteiger partial charge on any atom is 2.00 e. The van der Waals surface area contributed by atoms with E-state index in [0.29, 0.717) is 0 Å². The molecule has 4 aromatic heterocycles. The second kappa shape index (κ2) is 60.9. The van der Waals surface area contributed by atoms with E-state index in [1.165, 1.54) is 99.2 Å². The van der Waals surface area contributed by atoms with Crippen molar-refractivity contribution in [2.24, 2.45) is 20.0 Å². The fourth-order valence-corrected chi connectivity index (χ4v) is 7.93. The largest absolute Gasteiger partial charge is 2.00 e. The number of carbonyl (C=O) groups is 4. The van der Waals surface area contributed by atoms with E-state index in [1.54, 1.807) is 81.1 Å². The topological polar surface area (TPSA) is 392 Å². The van der Waals surface area contributed by atoms with Crippen LogP contribution in [0.1, 0.15) is 41.4 Å². The van der Waals surface area contributed by atoms with Crippen LogP contribution in [0.3, 0.4) is 0 Å². The molecule has 8 aromatic carbocycles. The standard InChI is InChI=1S/4C15H15N2O2.4C6H5NO2.4Mo/c4*1-18-14-7-3-12(4-8-14)16-11-17-13-5-9-15(19-2)10-6-13;4*8-6(9)5-2-1-3-7-4-5;;;;/h4*3-11H,1-2H3;4*1-4H,(H,8,9);;;;/q4*-1;;;;;4*+2/p-4. The van der Waals surface area contributed by atoms with Gasteiger partial charge in [0.05, 0.1) is 80.8 Å². The van der Waals surface area contributed by atoms with Crippen LogP contribution < -0.4 is 58.3 Å². The number of aromatic nitrogens is 4. The number of benzene rings is 8. The summed E-state index contributed by atoms with van der Waals surface area (Å²) in [6.45, 7) is 0. The van der Waals surface area contributed by atoms with E-state index < -0.39 is 23.9 Å². The van der Waals surface area contributed by atoms with E-state index in [4.69, 9.17) is 37.9 Å². The Morgan fingerprint density at radius 2 is 0.397 bits per heavy atom. The summed E-state index contributed by atoms with van der Waals surface area (Å²) in [4.78, 5) is 71.5. The minimum atomic E-state index is -1.19. The van der Waals surface area contributed by atoms with Crippen molar-refractivity contribution in [2.75, 3.05) is 56.9 Å². The second-order valence-corrected chi connectivity index (χ2v) is 21.2. The van der Waals surface area contributed by atoms with Gasteiger partial charge in [0.1, 0.15) is 46.0 Å². The third-order valence-electron chi connectivity index (χ3n) is 13.8. The molecule has 0 spiro atoms. The van der Waals surface area contributed by atoms with Gasteiger partial charge in [-0.05, 0) is 167 Å². The first-order valence-corrected chi connectivity index (χ1v) is 33.0. The summed E-state index contributed by atoms with van der Waals surface area (Å²) >= 11 is 0. The molecule has 116 heavy (non-hydrogen) atoms. The van der Waals surface area contributed by atoms with Crippen LogP contribution in [0.5, 0.6) is 46.0 Å². The molecule has 0 aliphatic carbocycles. The Morgan fingerprint density at radius 1 is 0.250 bits per heavy atom. The molecule has 12 aromatic rings. The molecule has 0 saturated carbocycles. The van der Waals surface area contributed by atoms with Gasteiger partial charge in [-0.3, -0.25) is 19.9 Å². The number of aliphatic imine (C=N–C) groups is 4. The maximum atomic E-state index is 10.0. The van der Waals surface area contributed by atoms with E-state index in [9.17, 15) is 39.6 Å². The van der Waals surface area contributed by atoms with Gasteiger partial charge in [-0.25, -0.2) is 0 Å². The number of carbonyl (C=O) groups excluding carboxylic acids is 4. The molecule has 0 fully saturated rings. The number of methoxy groups -OCH3 is 8. The van der Waals surface area contributed by atoms with Crippen LogP contribution in [0.4, 0.5) is 45.5 Å². The van der Waals surface area contributed by atoms with Crippen LogP contribution in [-0.2, 0) is 84.3 Å². The van der Waals surface area contributed by atoms with Crippen molar-refractivity contribution in [3.8, 4) is 46.0 Å². The van der Waals surface area contributed by atoms with Crippen molar-refractivity contribution < 1.29 is 162 Å². The zero-order valence-electron chi connectivity index (χ0n) is 63.6. The molecule has 0 amide bonds. The van der Waals surface area contributed by atoms with Crippen LogP contribution in [0, 0.1) is 0 Å². The third kappa shape index (κ3) is 42.2. The predicted molar refractivity (Wildman–Crippen MR) is 423 cm³/mol. The first kappa shape index (κ1) is 101. The van der Waals surface area contributed by atoms with Gasteiger partial charge < -0.3 is 119 Å². The molecule has 592 valence electrons. The van der Waals surface area contributed by atoms with Gasteiger partial charge in [-0.2, -0.15) is 0 Å². The SMILES string of the molecule is COc1ccc(N=C[N-]c2ccc(OC)cc2)cc1.COc1ccc(N=C[N-]c2ccc(OC)cc2)cc1.COc1ccc(N=C[N-]c2ccc(OC)cc2)cc1.COc1ccc(N=C[N-]c2ccc(OC)cc2)cc1.O=C([O-])c1cccnc1.O=C([O-])c1cccnc1.O=C([O-])c1cccnc1.O=C([O-])c1cccnc1.[Mo+2].[Mo+2].[Mo+2].[Mo+2]. The Balaban J connectivity index is 0.000000673. The Hall–Kier alpha value is -12.7. The molecule has 0 unspecified atom stereocenters. The molecule has 4 heterocycles. The van der Waals surface area contributed by atoms with E-state index in [2.05, 4.69) is 61.2 Å². The van der Waals surface area contributed by atoms with Crippen molar-refractivity contribution in [2.45, 2.75) is 0 Å². The van der Waals surface area contributed by atoms with Gasteiger partial charge in [0, 0.05) is 71.8 Å². The molecular formula is C84H76Mo4N12O16. The monoisotopic (exact) mass is 1900 g/mol. The summed E-state index contributed by atoms with van der Waals surface area (Å²) in [5.41, 5.74) is 7.09. The number of carboxylic acids is 4. The summed E-state index contributed by atoms with van der Waals surface area (Å²) in [6.07, 6.45) is 17.1. The van der Waals surface area contributed by atoms with E-state index in [0.717, 1.165) is 91.5 Å². The molecule has 0 atom stereocenters. The number of hydrogen-bond acceptors (Lipinski definition) is 24. The van der Waals surface area contributed by atoms with Crippen molar-refractivity contribution in [1.82, 2.24) is 19.9 Å². The van der Waals surface area contributed by atoms with Gasteiger partial charge in [-0.1, -0.05) is 147 Å². The van der Waals surface area contributed by atoms with Gasteiger partial charge in [0.15, 0.2) is 0 Å². The molecule has 0 bridgehead atoms. The normalized spacial score (nSPS) is 9.59. The first-order chi connectivity index (χ1) is 54.5.